The Morgan fingerprint density at radius 2 is 1.91 bits per heavy atom. The number of benzene rings is 3. The topological polar surface area (TPSA) is 105 Å². The minimum absolute atomic E-state index is 0.0645. The van der Waals surface area contributed by atoms with Crippen LogP contribution in [0, 0.1) is 18.3 Å². The SMILES string of the molecule is Cc1ccc(C(=O)NC2CC2)cc1-c1ccc2c(cnn2S(=O)(=O)c2ccccc2C#N)c1. The van der Waals surface area contributed by atoms with Crippen LogP contribution in [-0.2, 0) is 10.0 Å². The quantitative estimate of drug-likeness (QED) is 0.488. The predicted molar refractivity (Wildman–Crippen MR) is 124 cm³/mol. The molecule has 1 fully saturated rings. The molecular formula is C25H20N4O3S. The van der Waals surface area contributed by atoms with E-state index in [2.05, 4.69) is 10.4 Å². The molecule has 1 heterocycles. The minimum Gasteiger partial charge on any atom is -0.349 e. The first-order chi connectivity index (χ1) is 15.9. The predicted octanol–water partition coefficient (Wildman–Crippen LogP) is 4.01. The molecule has 1 N–H and O–H groups in total. The normalized spacial score (nSPS) is 13.6. The molecule has 0 bridgehead atoms. The molecule has 1 aliphatic carbocycles. The largest absolute Gasteiger partial charge is 0.349 e. The summed E-state index contributed by atoms with van der Waals surface area (Å²) in [5.74, 6) is -0.0881. The van der Waals surface area contributed by atoms with Crippen LogP contribution in [0.5, 0.6) is 0 Å². The van der Waals surface area contributed by atoms with Gasteiger partial charge in [-0.15, -0.1) is 0 Å². The van der Waals surface area contributed by atoms with E-state index in [0.29, 0.717) is 16.5 Å². The zero-order chi connectivity index (χ0) is 23.2. The summed E-state index contributed by atoms with van der Waals surface area (Å²) >= 11 is 0. The first kappa shape index (κ1) is 20.9. The molecule has 0 spiro atoms. The molecule has 0 aliphatic heterocycles. The monoisotopic (exact) mass is 456 g/mol. The van der Waals surface area contributed by atoms with Gasteiger partial charge in [-0.1, -0.05) is 24.3 Å². The number of aromatic nitrogens is 2. The van der Waals surface area contributed by atoms with E-state index in [1.165, 1.54) is 18.3 Å². The van der Waals surface area contributed by atoms with Crippen LogP contribution in [0.3, 0.4) is 0 Å². The zero-order valence-electron chi connectivity index (χ0n) is 17.8. The molecule has 1 aliphatic rings. The Morgan fingerprint density at radius 1 is 1.12 bits per heavy atom. The van der Waals surface area contributed by atoms with Crippen LogP contribution in [0.1, 0.15) is 34.3 Å². The number of carbonyl (C=O) groups is 1. The fourth-order valence-electron chi connectivity index (χ4n) is 3.82. The average molecular weight is 457 g/mol. The highest BCUT2D eigenvalue weighted by Crippen LogP contribution is 2.30. The molecule has 8 heteroatoms. The van der Waals surface area contributed by atoms with Gasteiger partial charge in [-0.2, -0.15) is 22.9 Å². The second kappa shape index (κ2) is 7.87. The fraction of sp³-hybridized carbons (Fsp3) is 0.160. The van der Waals surface area contributed by atoms with Crippen molar-refractivity contribution in [3.63, 3.8) is 0 Å². The van der Waals surface area contributed by atoms with Crippen molar-refractivity contribution in [3.8, 4) is 17.2 Å². The standard InChI is InChI=1S/C25H20N4O3S/c1-16-6-7-18(25(30)28-21-9-10-21)13-22(16)17-8-11-23-20(12-17)15-27-29(23)33(31,32)24-5-3-2-4-19(24)14-26/h2-8,11-13,15,21H,9-10H2,1H3,(H,28,30). The molecule has 164 valence electrons. The number of rotatable bonds is 5. The summed E-state index contributed by atoms with van der Waals surface area (Å²) in [6.45, 7) is 1.97. The lowest BCUT2D eigenvalue weighted by Crippen LogP contribution is -2.25. The molecule has 0 saturated heterocycles. The number of hydrogen-bond donors (Lipinski definition) is 1. The van der Waals surface area contributed by atoms with Crippen molar-refractivity contribution in [1.82, 2.24) is 14.5 Å². The van der Waals surface area contributed by atoms with E-state index < -0.39 is 10.0 Å². The van der Waals surface area contributed by atoms with Crippen LogP contribution in [0.25, 0.3) is 22.0 Å². The van der Waals surface area contributed by atoms with E-state index in [9.17, 15) is 18.5 Å². The van der Waals surface area contributed by atoms with Gasteiger partial charge in [0.15, 0.2) is 0 Å². The number of nitriles is 1. The Balaban J connectivity index is 1.55. The summed E-state index contributed by atoms with van der Waals surface area (Å²) < 4.78 is 27.4. The third-order valence-corrected chi connectivity index (χ3v) is 7.43. The molecule has 3 aromatic carbocycles. The van der Waals surface area contributed by atoms with E-state index in [4.69, 9.17) is 0 Å². The fourth-order valence-corrected chi connectivity index (χ4v) is 5.24. The molecule has 1 saturated carbocycles. The van der Waals surface area contributed by atoms with Crippen LogP contribution >= 0.6 is 0 Å². The van der Waals surface area contributed by atoms with Crippen molar-refractivity contribution in [2.75, 3.05) is 0 Å². The summed E-state index contributed by atoms with van der Waals surface area (Å²) in [7, 11) is -4.04. The highest BCUT2D eigenvalue weighted by molar-refractivity contribution is 7.90. The molecule has 5 rings (SSSR count). The molecule has 4 aromatic rings. The van der Waals surface area contributed by atoms with Gasteiger partial charge >= 0.3 is 0 Å². The molecular weight excluding hydrogens is 436 g/mol. The summed E-state index contributed by atoms with van der Waals surface area (Å²) in [6, 6.07) is 19.2. The van der Waals surface area contributed by atoms with E-state index >= 15 is 0 Å². The van der Waals surface area contributed by atoms with Gasteiger partial charge in [0.05, 0.1) is 17.3 Å². The average Bonchev–Trinajstić information content (AvgIpc) is 3.53. The van der Waals surface area contributed by atoms with Gasteiger partial charge in [0, 0.05) is 17.0 Å². The Labute approximate surface area is 191 Å². The number of carbonyl (C=O) groups excluding carboxylic acids is 1. The first-order valence-corrected chi connectivity index (χ1v) is 12.0. The van der Waals surface area contributed by atoms with E-state index in [1.54, 1.807) is 18.2 Å². The van der Waals surface area contributed by atoms with E-state index in [-0.39, 0.29) is 22.4 Å². The molecule has 0 atom stereocenters. The number of fused-ring (bicyclic) bond motifs is 1. The molecule has 7 nitrogen and oxygen atoms in total. The van der Waals surface area contributed by atoms with Crippen LogP contribution in [-0.4, -0.2) is 29.6 Å². The van der Waals surface area contributed by atoms with Crippen molar-refractivity contribution in [3.05, 3.63) is 83.6 Å². The third kappa shape index (κ3) is 3.77. The number of aryl methyl sites for hydroxylation is 1. The second-order valence-electron chi connectivity index (χ2n) is 8.15. The number of nitrogens with zero attached hydrogens (tertiary/aromatic N) is 3. The van der Waals surface area contributed by atoms with Crippen LogP contribution in [0.4, 0.5) is 0 Å². The maximum Gasteiger partial charge on any atom is 0.284 e. The third-order valence-electron chi connectivity index (χ3n) is 5.77. The minimum atomic E-state index is -4.04. The lowest BCUT2D eigenvalue weighted by Gasteiger charge is -2.11. The van der Waals surface area contributed by atoms with Crippen LogP contribution in [0.2, 0.25) is 0 Å². The van der Waals surface area contributed by atoms with Gasteiger partial charge in [0.2, 0.25) is 0 Å². The number of nitrogens with one attached hydrogen (secondary N) is 1. The van der Waals surface area contributed by atoms with Gasteiger partial charge in [-0.3, -0.25) is 4.79 Å². The van der Waals surface area contributed by atoms with Gasteiger partial charge in [0.25, 0.3) is 15.9 Å². The number of amides is 1. The lowest BCUT2D eigenvalue weighted by molar-refractivity contribution is 0.0951. The Hall–Kier alpha value is -3.96. The van der Waals surface area contributed by atoms with Crippen molar-refractivity contribution in [2.45, 2.75) is 30.7 Å². The summed E-state index contributed by atoms with van der Waals surface area (Å²) in [4.78, 5) is 12.4. The van der Waals surface area contributed by atoms with Gasteiger partial charge in [-0.05, 0) is 72.9 Å². The molecule has 0 unspecified atom stereocenters. The van der Waals surface area contributed by atoms with Crippen LogP contribution in [0.15, 0.2) is 71.8 Å². The van der Waals surface area contributed by atoms with Gasteiger partial charge < -0.3 is 5.32 Å². The van der Waals surface area contributed by atoms with E-state index in [0.717, 1.165) is 33.6 Å². The van der Waals surface area contributed by atoms with E-state index in [1.807, 2.05) is 43.3 Å². The van der Waals surface area contributed by atoms with Gasteiger partial charge in [0.1, 0.15) is 11.0 Å². The molecule has 1 aromatic heterocycles. The summed E-state index contributed by atoms with van der Waals surface area (Å²) in [6.07, 6.45) is 3.53. The lowest BCUT2D eigenvalue weighted by atomic mass is 9.97. The Bertz CT molecular complexity index is 1560. The molecule has 33 heavy (non-hydrogen) atoms. The highest BCUT2D eigenvalue weighted by Gasteiger charge is 2.25. The van der Waals surface area contributed by atoms with Crippen LogP contribution < -0.4 is 5.32 Å². The number of hydrogen-bond acceptors (Lipinski definition) is 5. The van der Waals surface area contributed by atoms with Gasteiger partial charge in [-0.25, -0.2) is 0 Å². The molecule has 0 radical (unpaired) electrons. The van der Waals surface area contributed by atoms with Crippen molar-refractivity contribution < 1.29 is 13.2 Å². The zero-order valence-corrected chi connectivity index (χ0v) is 18.6. The second-order valence-corrected chi connectivity index (χ2v) is 9.89. The maximum atomic E-state index is 13.2. The van der Waals surface area contributed by atoms with Crippen molar-refractivity contribution >= 4 is 26.8 Å². The Kier molecular flexibility index (Phi) is 4.99. The van der Waals surface area contributed by atoms with Crippen molar-refractivity contribution in [1.29, 1.82) is 5.26 Å². The summed E-state index contributed by atoms with van der Waals surface area (Å²) in [5.41, 5.74) is 3.82. The molecule has 1 amide bonds. The smallest absolute Gasteiger partial charge is 0.284 e. The summed E-state index contributed by atoms with van der Waals surface area (Å²) in [5, 5.41) is 17.1. The highest BCUT2D eigenvalue weighted by atomic mass is 32.2. The first-order valence-electron chi connectivity index (χ1n) is 10.5. The Morgan fingerprint density at radius 3 is 2.67 bits per heavy atom. The maximum absolute atomic E-state index is 13.2. The van der Waals surface area contributed by atoms with Crippen molar-refractivity contribution in [2.24, 2.45) is 0 Å².